The molecule has 1 aliphatic rings. The Morgan fingerprint density at radius 3 is 2.86 bits per heavy atom. The van der Waals surface area contributed by atoms with Crippen LogP contribution in [-0.4, -0.2) is 16.1 Å². The van der Waals surface area contributed by atoms with Gasteiger partial charge in [-0.15, -0.1) is 5.92 Å². The molecule has 3 unspecified atom stereocenters. The number of carbonyl (C=O) groups excluding carboxylic acids is 1. The van der Waals surface area contributed by atoms with Crippen LogP contribution in [0.4, 0.5) is 4.79 Å². The van der Waals surface area contributed by atoms with Gasteiger partial charge in [-0.1, -0.05) is 28.5 Å². The molecule has 1 aliphatic carbocycles. The minimum atomic E-state index is -0.691. The first-order valence-corrected chi connectivity index (χ1v) is 5.92. The van der Waals surface area contributed by atoms with Crippen LogP contribution in [0.5, 0.6) is 0 Å². The Morgan fingerprint density at radius 2 is 2.29 bits per heavy atom. The number of halogens is 1. The van der Waals surface area contributed by atoms with Gasteiger partial charge in [0, 0.05) is 3.92 Å². The molecular formula is C10H14INO2. The average molecular weight is 307 g/mol. The SMILES string of the molecule is CC#CC1C(I)CCCC1OC(N)=O. The highest BCUT2D eigenvalue weighted by Crippen LogP contribution is 2.32. The van der Waals surface area contributed by atoms with E-state index in [1.54, 1.807) is 6.92 Å². The minimum absolute atomic E-state index is 0.115. The third kappa shape index (κ3) is 3.05. The maximum absolute atomic E-state index is 10.7. The van der Waals surface area contributed by atoms with Crippen LogP contribution in [-0.2, 0) is 4.74 Å². The number of carbonyl (C=O) groups is 1. The van der Waals surface area contributed by atoms with Crippen molar-refractivity contribution >= 4 is 28.7 Å². The van der Waals surface area contributed by atoms with E-state index in [9.17, 15) is 4.79 Å². The molecule has 4 heteroatoms. The smallest absolute Gasteiger partial charge is 0.404 e. The van der Waals surface area contributed by atoms with E-state index in [2.05, 4.69) is 34.4 Å². The van der Waals surface area contributed by atoms with Gasteiger partial charge in [0.2, 0.25) is 0 Å². The second kappa shape index (κ2) is 5.44. The maximum Gasteiger partial charge on any atom is 0.404 e. The molecule has 1 rings (SSSR count). The Morgan fingerprint density at radius 1 is 1.57 bits per heavy atom. The molecule has 0 aromatic rings. The van der Waals surface area contributed by atoms with Gasteiger partial charge in [0.25, 0.3) is 0 Å². The zero-order valence-corrected chi connectivity index (χ0v) is 10.3. The Labute approximate surface area is 97.9 Å². The summed E-state index contributed by atoms with van der Waals surface area (Å²) in [6, 6.07) is 0. The lowest BCUT2D eigenvalue weighted by Crippen LogP contribution is -2.36. The monoisotopic (exact) mass is 307 g/mol. The van der Waals surface area contributed by atoms with Crippen LogP contribution in [0.25, 0.3) is 0 Å². The van der Waals surface area contributed by atoms with Crippen molar-refractivity contribution in [2.75, 3.05) is 0 Å². The molecule has 78 valence electrons. The van der Waals surface area contributed by atoms with Crippen LogP contribution in [0.2, 0.25) is 0 Å². The van der Waals surface area contributed by atoms with Gasteiger partial charge in [-0.2, -0.15) is 0 Å². The highest BCUT2D eigenvalue weighted by molar-refractivity contribution is 14.1. The number of hydrogen-bond donors (Lipinski definition) is 1. The summed E-state index contributed by atoms with van der Waals surface area (Å²) in [4.78, 5) is 10.7. The normalized spacial score (nSPS) is 31.4. The van der Waals surface area contributed by atoms with Crippen LogP contribution < -0.4 is 5.73 Å². The highest BCUT2D eigenvalue weighted by atomic mass is 127. The van der Waals surface area contributed by atoms with Gasteiger partial charge in [-0.05, 0) is 26.2 Å². The van der Waals surface area contributed by atoms with E-state index in [4.69, 9.17) is 10.5 Å². The van der Waals surface area contributed by atoms with Crippen molar-refractivity contribution in [3.8, 4) is 11.8 Å². The van der Waals surface area contributed by atoms with Crippen molar-refractivity contribution in [2.24, 2.45) is 11.7 Å². The van der Waals surface area contributed by atoms with Crippen LogP contribution in [0.1, 0.15) is 26.2 Å². The summed E-state index contributed by atoms with van der Waals surface area (Å²) in [5.41, 5.74) is 5.02. The molecule has 0 bridgehead atoms. The van der Waals surface area contributed by atoms with Crippen molar-refractivity contribution in [3.63, 3.8) is 0 Å². The number of amides is 1. The van der Waals surface area contributed by atoms with E-state index in [0.717, 1.165) is 19.3 Å². The van der Waals surface area contributed by atoms with Crippen molar-refractivity contribution in [3.05, 3.63) is 0 Å². The predicted octanol–water partition coefficient (Wildman–Crippen LogP) is 2.08. The standard InChI is InChI=1S/C10H14INO2/c1-2-4-7-8(11)5-3-6-9(7)14-10(12)13/h7-9H,3,5-6H2,1H3,(H2,12,13). The number of primary amides is 1. The molecule has 0 aromatic heterocycles. The summed E-state index contributed by atoms with van der Waals surface area (Å²) >= 11 is 2.37. The molecule has 0 heterocycles. The fraction of sp³-hybridized carbons (Fsp3) is 0.700. The largest absolute Gasteiger partial charge is 0.445 e. The van der Waals surface area contributed by atoms with E-state index in [1.165, 1.54) is 0 Å². The van der Waals surface area contributed by atoms with Gasteiger partial charge in [0.1, 0.15) is 6.10 Å². The molecule has 0 aromatic carbocycles. The van der Waals surface area contributed by atoms with Gasteiger partial charge in [0.15, 0.2) is 0 Å². The van der Waals surface area contributed by atoms with Crippen LogP contribution in [0.3, 0.4) is 0 Å². The second-order valence-electron chi connectivity index (χ2n) is 3.34. The lowest BCUT2D eigenvalue weighted by molar-refractivity contribution is 0.0656. The first-order valence-electron chi connectivity index (χ1n) is 4.67. The molecule has 0 aliphatic heterocycles. The molecule has 3 nitrogen and oxygen atoms in total. The van der Waals surface area contributed by atoms with Crippen LogP contribution >= 0.6 is 22.6 Å². The van der Waals surface area contributed by atoms with Crippen LogP contribution in [0, 0.1) is 17.8 Å². The minimum Gasteiger partial charge on any atom is -0.445 e. The van der Waals surface area contributed by atoms with E-state index >= 15 is 0 Å². The van der Waals surface area contributed by atoms with Gasteiger partial charge in [0.05, 0.1) is 5.92 Å². The zero-order chi connectivity index (χ0) is 10.6. The molecule has 2 N–H and O–H groups in total. The van der Waals surface area contributed by atoms with Crippen molar-refractivity contribution < 1.29 is 9.53 Å². The summed E-state index contributed by atoms with van der Waals surface area (Å²) in [5.74, 6) is 6.12. The van der Waals surface area contributed by atoms with E-state index in [0.29, 0.717) is 3.92 Å². The second-order valence-corrected chi connectivity index (χ2v) is 4.94. The van der Waals surface area contributed by atoms with Gasteiger partial charge < -0.3 is 10.5 Å². The predicted molar refractivity (Wildman–Crippen MR) is 63.1 cm³/mol. The maximum atomic E-state index is 10.7. The van der Waals surface area contributed by atoms with Gasteiger partial charge in [-0.25, -0.2) is 4.79 Å². The average Bonchev–Trinajstić information content (AvgIpc) is 2.10. The lowest BCUT2D eigenvalue weighted by atomic mass is 9.87. The number of rotatable bonds is 1. The summed E-state index contributed by atoms with van der Waals surface area (Å²) in [7, 11) is 0. The molecule has 0 radical (unpaired) electrons. The molecule has 3 atom stereocenters. The lowest BCUT2D eigenvalue weighted by Gasteiger charge is -2.31. The van der Waals surface area contributed by atoms with E-state index in [1.807, 2.05) is 0 Å². The van der Waals surface area contributed by atoms with Crippen LogP contribution in [0.15, 0.2) is 0 Å². The molecule has 14 heavy (non-hydrogen) atoms. The first kappa shape index (κ1) is 11.6. The highest BCUT2D eigenvalue weighted by Gasteiger charge is 2.32. The van der Waals surface area contributed by atoms with Gasteiger partial charge in [-0.3, -0.25) is 0 Å². The van der Waals surface area contributed by atoms with E-state index in [-0.39, 0.29) is 12.0 Å². The van der Waals surface area contributed by atoms with Crippen molar-refractivity contribution in [1.82, 2.24) is 0 Å². The molecular weight excluding hydrogens is 293 g/mol. The summed E-state index contributed by atoms with van der Waals surface area (Å²) < 4.78 is 5.51. The molecule has 0 saturated heterocycles. The Kier molecular flexibility index (Phi) is 4.52. The number of ether oxygens (including phenoxy) is 1. The third-order valence-electron chi connectivity index (χ3n) is 2.34. The van der Waals surface area contributed by atoms with Crippen molar-refractivity contribution in [2.45, 2.75) is 36.2 Å². The Balaban J connectivity index is 2.67. The fourth-order valence-electron chi connectivity index (χ4n) is 1.74. The van der Waals surface area contributed by atoms with Gasteiger partial charge >= 0.3 is 6.09 Å². The quantitative estimate of drug-likeness (QED) is 0.458. The molecule has 1 fully saturated rings. The number of nitrogens with two attached hydrogens (primary N) is 1. The molecule has 1 amide bonds. The molecule has 1 saturated carbocycles. The number of alkyl halides is 1. The Hall–Kier alpha value is -0.440. The zero-order valence-electron chi connectivity index (χ0n) is 8.13. The van der Waals surface area contributed by atoms with Crippen molar-refractivity contribution in [1.29, 1.82) is 0 Å². The topological polar surface area (TPSA) is 52.3 Å². The first-order chi connectivity index (χ1) is 6.65. The molecule has 0 spiro atoms. The van der Waals surface area contributed by atoms with E-state index < -0.39 is 6.09 Å². The third-order valence-corrected chi connectivity index (χ3v) is 3.73. The summed E-state index contributed by atoms with van der Waals surface area (Å²) in [5, 5.41) is 0. The summed E-state index contributed by atoms with van der Waals surface area (Å²) in [6.07, 6.45) is 2.28. The fourth-order valence-corrected chi connectivity index (χ4v) is 2.82. The Bertz CT molecular complexity index is 269. The number of hydrogen-bond acceptors (Lipinski definition) is 2. The summed E-state index contributed by atoms with van der Waals surface area (Å²) in [6.45, 7) is 1.80.